The van der Waals surface area contributed by atoms with Gasteiger partial charge in [0.1, 0.15) is 0 Å². The molecular formula is C59H34N4S2. The van der Waals surface area contributed by atoms with E-state index in [1.165, 1.54) is 78.2 Å². The van der Waals surface area contributed by atoms with Crippen molar-refractivity contribution in [2.75, 3.05) is 0 Å². The van der Waals surface area contributed by atoms with Crippen LogP contribution in [-0.4, -0.2) is 19.5 Å². The molecule has 0 aliphatic carbocycles. The van der Waals surface area contributed by atoms with E-state index in [1.54, 1.807) is 11.3 Å². The molecule has 0 fully saturated rings. The monoisotopic (exact) mass is 862 g/mol. The van der Waals surface area contributed by atoms with E-state index >= 15 is 0 Å². The fraction of sp³-hybridized carbons (Fsp3) is 0. The zero-order chi connectivity index (χ0) is 42.6. The van der Waals surface area contributed by atoms with Crippen LogP contribution in [0.5, 0.6) is 0 Å². The van der Waals surface area contributed by atoms with Gasteiger partial charge in [-0.3, -0.25) is 0 Å². The lowest BCUT2D eigenvalue weighted by Crippen LogP contribution is -2.02. The SMILES string of the molecule is c1ccc(-c2nc(-c3ccc(-n4c5ccccc5c5cc6ccccc6cc54)cc3-c3cccc4sc5ccc6ccccc6c5c34)nc(-c3cccc4sc5ccccc5c34)n2)cc1. The van der Waals surface area contributed by atoms with E-state index in [4.69, 9.17) is 15.0 Å². The molecule has 4 aromatic heterocycles. The van der Waals surface area contributed by atoms with Crippen LogP contribution in [0, 0.1) is 0 Å². The Hall–Kier alpha value is -8.03. The lowest BCUT2D eigenvalue weighted by molar-refractivity contribution is 1.08. The topological polar surface area (TPSA) is 43.6 Å². The number of rotatable bonds is 5. The van der Waals surface area contributed by atoms with Crippen LogP contribution < -0.4 is 0 Å². The fourth-order valence-electron chi connectivity index (χ4n) is 10.1. The van der Waals surface area contributed by atoms with Crippen molar-refractivity contribution in [3.05, 3.63) is 206 Å². The van der Waals surface area contributed by atoms with Crippen molar-refractivity contribution in [2.45, 2.75) is 0 Å². The average Bonchev–Trinajstić information content (AvgIpc) is 4.05. The Morgan fingerprint density at radius 2 is 0.923 bits per heavy atom. The lowest BCUT2D eigenvalue weighted by atomic mass is 9.93. The van der Waals surface area contributed by atoms with Gasteiger partial charge in [0.25, 0.3) is 0 Å². The fourth-order valence-corrected chi connectivity index (χ4v) is 12.4. The van der Waals surface area contributed by atoms with Gasteiger partial charge in [-0.15, -0.1) is 22.7 Å². The average molecular weight is 863 g/mol. The summed E-state index contributed by atoms with van der Waals surface area (Å²) in [6, 6.07) is 74.5. The number of fused-ring (bicyclic) bond motifs is 12. The number of thiophene rings is 2. The minimum Gasteiger partial charge on any atom is -0.309 e. The first-order valence-electron chi connectivity index (χ1n) is 21.8. The molecule has 4 nitrogen and oxygen atoms in total. The third-order valence-corrected chi connectivity index (χ3v) is 15.3. The van der Waals surface area contributed by atoms with Gasteiger partial charge in [0.15, 0.2) is 17.5 Å². The third kappa shape index (κ3) is 5.64. The van der Waals surface area contributed by atoms with Crippen LogP contribution in [0.2, 0.25) is 0 Å². The van der Waals surface area contributed by atoms with Crippen LogP contribution in [0.4, 0.5) is 0 Å². The second kappa shape index (κ2) is 14.2. The number of para-hydroxylation sites is 1. The highest BCUT2D eigenvalue weighted by molar-refractivity contribution is 7.26. The molecule has 302 valence electrons. The van der Waals surface area contributed by atoms with Crippen molar-refractivity contribution in [1.29, 1.82) is 0 Å². The van der Waals surface area contributed by atoms with Crippen LogP contribution in [0.1, 0.15) is 0 Å². The second-order valence-electron chi connectivity index (χ2n) is 16.7. The van der Waals surface area contributed by atoms with Crippen LogP contribution >= 0.6 is 22.7 Å². The van der Waals surface area contributed by atoms with E-state index in [0.29, 0.717) is 17.5 Å². The molecule has 14 rings (SSSR count). The standard InChI is InChI=1S/C59H34N4S2/c1-2-15-36(16-3-1)57-60-58(62-59(61-57)45-23-13-26-51-54(45)44-21-9-11-25-50(44)64-51)43-30-29-39(63-48-24-10-8-20-41(48)47-32-37-17-4-5-18-38(37)33-49(47)63)34-46(43)42-22-12-27-52-56(42)55-40-19-7-6-14-35(40)28-31-53(55)65-52/h1-34H. The van der Waals surface area contributed by atoms with Crippen LogP contribution in [0.25, 0.3) is 135 Å². The Labute approximate surface area is 381 Å². The van der Waals surface area contributed by atoms with Gasteiger partial charge in [0.05, 0.1) is 11.0 Å². The van der Waals surface area contributed by atoms with Gasteiger partial charge in [0.2, 0.25) is 0 Å². The first-order chi connectivity index (χ1) is 32.2. The van der Waals surface area contributed by atoms with Crippen LogP contribution in [0.15, 0.2) is 206 Å². The highest BCUT2D eigenvalue weighted by Gasteiger charge is 2.23. The third-order valence-electron chi connectivity index (χ3n) is 13.0. The summed E-state index contributed by atoms with van der Waals surface area (Å²) in [5.74, 6) is 1.91. The number of hydrogen-bond donors (Lipinski definition) is 0. The summed E-state index contributed by atoms with van der Waals surface area (Å²) in [5, 5.41) is 12.3. The number of hydrogen-bond acceptors (Lipinski definition) is 5. The van der Waals surface area contributed by atoms with Gasteiger partial charge < -0.3 is 4.57 Å². The summed E-state index contributed by atoms with van der Waals surface area (Å²) in [6.45, 7) is 0. The summed E-state index contributed by atoms with van der Waals surface area (Å²) in [7, 11) is 0. The minimum absolute atomic E-state index is 0.626. The Kier molecular flexibility index (Phi) is 7.99. The number of aromatic nitrogens is 4. The molecule has 0 spiro atoms. The quantitative estimate of drug-likeness (QED) is 0.173. The molecular weight excluding hydrogens is 829 g/mol. The maximum Gasteiger partial charge on any atom is 0.164 e. The normalized spacial score (nSPS) is 12.0. The maximum atomic E-state index is 5.51. The second-order valence-corrected chi connectivity index (χ2v) is 18.9. The van der Waals surface area contributed by atoms with Crippen molar-refractivity contribution in [3.63, 3.8) is 0 Å². The van der Waals surface area contributed by atoms with Gasteiger partial charge in [-0.2, -0.15) is 0 Å². The molecule has 4 heterocycles. The molecule has 0 saturated carbocycles. The summed E-state index contributed by atoms with van der Waals surface area (Å²) >= 11 is 3.66. The number of nitrogens with zero attached hydrogens (tertiary/aromatic N) is 4. The first kappa shape index (κ1) is 36.5. The first-order valence-corrected chi connectivity index (χ1v) is 23.5. The van der Waals surface area contributed by atoms with Gasteiger partial charge in [-0.25, -0.2) is 15.0 Å². The van der Waals surface area contributed by atoms with Crippen molar-refractivity contribution in [3.8, 4) is 51.0 Å². The molecule has 0 unspecified atom stereocenters. The molecule has 0 N–H and O–H groups in total. The van der Waals surface area contributed by atoms with Crippen LogP contribution in [-0.2, 0) is 0 Å². The zero-order valence-electron chi connectivity index (χ0n) is 34.7. The van der Waals surface area contributed by atoms with Gasteiger partial charge in [-0.1, -0.05) is 146 Å². The summed E-state index contributed by atoms with van der Waals surface area (Å²) in [6.07, 6.45) is 0. The molecule has 0 radical (unpaired) electrons. The molecule has 0 amide bonds. The van der Waals surface area contributed by atoms with Crippen molar-refractivity contribution in [2.24, 2.45) is 0 Å². The maximum absolute atomic E-state index is 5.51. The summed E-state index contributed by atoms with van der Waals surface area (Å²) in [5.41, 5.74) is 8.46. The van der Waals surface area contributed by atoms with Gasteiger partial charge in [0, 0.05) is 73.5 Å². The van der Waals surface area contributed by atoms with Gasteiger partial charge in [-0.05, 0) is 93.3 Å². The van der Waals surface area contributed by atoms with E-state index in [2.05, 4.69) is 193 Å². The molecule has 0 saturated heterocycles. The summed E-state index contributed by atoms with van der Waals surface area (Å²) in [4.78, 5) is 16.2. The predicted molar refractivity (Wildman–Crippen MR) is 277 cm³/mol. The Morgan fingerprint density at radius 3 is 1.77 bits per heavy atom. The molecule has 0 aliphatic heterocycles. The molecule has 6 heteroatoms. The van der Waals surface area contributed by atoms with Crippen molar-refractivity contribution >= 4 is 106 Å². The van der Waals surface area contributed by atoms with E-state index in [-0.39, 0.29) is 0 Å². The minimum atomic E-state index is 0.626. The molecule has 65 heavy (non-hydrogen) atoms. The molecule has 14 aromatic rings. The molecule has 0 aliphatic rings. The van der Waals surface area contributed by atoms with E-state index in [0.717, 1.165) is 39.0 Å². The summed E-state index contributed by atoms with van der Waals surface area (Å²) < 4.78 is 7.39. The predicted octanol–water partition coefficient (Wildman–Crippen LogP) is 16.7. The highest BCUT2D eigenvalue weighted by atomic mass is 32.1. The zero-order valence-corrected chi connectivity index (χ0v) is 36.4. The lowest BCUT2D eigenvalue weighted by Gasteiger charge is -2.17. The molecule has 10 aromatic carbocycles. The van der Waals surface area contributed by atoms with Crippen molar-refractivity contribution in [1.82, 2.24) is 19.5 Å². The van der Waals surface area contributed by atoms with E-state index < -0.39 is 0 Å². The Morgan fingerprint density at radius 1 is 0.308 bits per heavy atom. The molecule has 0 bridgehead atoms. The largest absolute Gasteiger partial charge is 0.309 e. The van der Waals surface area contributed by atoms with Gasteiger partial charge >= 0.3 is 0 Å². The Bertz CT molecular complexity index is 4250. The van der Waals surface area contributed by atoms with E-state index in [1.807, 2.05) is 29.5 Å². The van der Waals surface area contributed by atoms with Crippen molar-refractivity contribution < 1.29 is 0 Å². The van der Waals surface area contributed by atoms with E-state index in [9.17, 15) is 0 Å². The Balaban J connectivity index is 1.10. The molecule has 0 atom stereocenters. The highest BCUT2D eigenvalue weighted by Crippen LogP contribution is 2.47. The van der Waals surface area contributed by atoms with Crippen LogP contribution in [0.3, 0.4) is 0 Å². The number of benzene rings is 10. The smallest absolute Gasteiger partial charge is 0.164 e.